The van der Waals surface area contributed by atoms with Gasteiger partial charge in [-0.2, -0.15) is 0 Å². The first-order valence-corrected chi connectivity index (χ1v) is 7.36. The number of benzene rings is 3. The Balaban J connectivity index is 2.10. The summed E-state index contributed by atoms with van der Waals surface area (Å²) in [6.45, 7) is 0. The number of fused-ring (bicyclic) bond motifs is 1. The van der Waals surface area contributed by atoms with E-state index in [4.69, 9.17) is 5.73 Å². The van der Waals surface area contributed by atoms with Crippen LogP contribution in [0.3, 0.4) is 0 Å². The molecule has 0 amide bonds. The molecule has 1 heterocycles. The number of hydrogen-bond acceptors (Lipinski definition) is 1. The Bertz CT molecular complexity index is 846. The summed E-state index contributed by atoms with van der Waals surface area (Å²) in [5.41, 5.74) is 11.0. The quantitative estimate of drug-likeness (QED) is 0.559. The summed E-state index contributed by atoms with van der Waals surface area (Å²) >= 11 is 0. The van der Waals surface area contributed by atoms with E-state index in [0.717, 1.165) is 28.1 Å². The molecular weight excluding hydrogens is 268 g/mol. The van der Waals surface area contributed by atoms with Gasteiger partial charge < -0.3 is 5.73 Å². The lowest BCUT2D eigenvalue weighted by Crippen LogP contribution is -2.00. The summed E-state index contributed by atoms with van der Waals surface area (Å²) in [4.78, 5) is 0. The van der Waals surface area contributed by atoms with Gasteiger partial charge in [0.15, 0.2) is 0 Å². The third-order valence-electron chi connectivity index (χ3n) is 3.99. The number of nitrogens with two attached hydrogens (primary N) is 1. The Morgan fingerprint density at radius 2 is 1.23 bits per heavy atom. The molecule has 0 unspecified atom stereocenters. The monoisotopic (exact) mass is 284 g/mol. The number of anilines is 1. The van der Waals surface area contributed by atoms with Gasteiger partial charge in [0.2, 0.25) is 0 Å². The first-order valence-electron chi connectivity index (χ1n) is 7.36. The third-order valence-corrected chi connectivity index (χ3v) is 3.99. The molecule has 0 saturated heterocycles. The first-order chi connectivity index (χ1) is 10.9. The van der Waals surface area contributed by atoms with Gasteiger partial charge in [0, 0.05) is 16.6 Å². The topological polar surface area (TPSA) is 30.9 Å². The summed E-state index contributed by atoms with van der Waals surface area (Å²) in [5, 5.41) is 1.18. The predicted octanol–water partition coefficient (Wildman–Crippen LogP) is 4.88. The lowest BCUT2D eigenvalue weighted by atomic mass is 10.0. The molecule has 1 aromatic heterocycles. The number of rotatable bonds is 2. The zero-order chi connectivity index (χ0) is 14.9. The van der Waals surface area contributed by atoms with Crippen LogP contribution in [-0.4, -0.2) is 4.57 Å². The number of aromatic nitrogens is 1. The maximum Gasteiger partial charge on any atom is 0.117 e. The molecule has 0 aliphatic rings. The minimum atomic E-state index is 0.776. The van der Waals surface area contributed by atoms with E-state index >= 15 is 0 Å². The van der Waals surface area contributed by atoms with Crippen molar-refractivity contribution in [1.29, 1.82) is 0 Å². The smallest absolute Gasteiger partial charge is 0.117 e. The Hall–Kier alpha value is -3.00. The average molecular weight is 284 g/mol. The van der Waals surface area contributed by atoms with Gasteiger partial charge in [-0.15, -0.1) is 0 Å². The number of nitrogens with zero attached hydrogens (tertiary/aromatic N) is 1. The van der Waals surface area contributed by atoms with Crippen molar-refractivity contribution in [3.05, 3.63) is 84.9 Å². The fourth-order valence-corrected chi connectivity index (χ4v) is 3.02. The molecule has 4 aromatic rings. The molecular formula is C20H16N2. The van der Waals surface area contributed by atoms with E-state index in [1.165, 1.54) is 5.39 Å². The highest BCUT2D eigenvalue weighted by molar-refractivity contribution is 6.03. The zero-order valence-corrected chi connectivity index (χ0v) is 12.1. The number of hydrogen-bond donors (Lipinski definition) is 1. The zero-order valence-electron chi connectivity index (χ0n) is 12.1. The van der Waals surface area contributed by atoms with Crippen molar-refractivity contribution in [2.75, 3.05) is 5.73 Å². The van der Waals surface area contributed by atoms with E-state index in [1.807, 2.05) is 36.4 Å². The number of para-hydroxylation sites is 2. The molecule has 0 bridgehead atoms. The van der Waals surface area contributed by atoms with Gasteiger partial charge in [-0.25, -0.2) is 0 Å². The van der Waals surface area contributed by atoms with Crippen LogP contribution in [0.25, 0.3) is 27.7 Å². The largest absolute Gasteiger partial charge is 0.384 e. The lowest BCUT2D eigenvalue weighted by molar-refractivity contribution is 1.14. The summed E-state index contributed by atoms with van der Waals surface area (Å²) in [7, 11) is 0. The minimum Gasteiger partial charge on any atom is -0.384 e. The second kappa shape index (κ2) is 5.08. The average Bonchev–Trinajstić information content (AvgIpc) is 2.88. The predicted molar refractivity (Wildman–Crippen MR) is 93.1 cm³/mol. The molecule has 0 aliphatic heterocycles. The first kappa shape index (κ1) is 12.7. The van der Waals surface area contributed by atoms with Crippen LogP contribution in [-0.2, 0) is 0 Å². The van der Waals surface area contributed by atoms with Crippen LogP contribution in [0.15, 0.2) is 84.9 Å². The van der Waals surface area contributed by atoms with Crippen molar-refractivity contribution in [2.24, 2.45) is 0 Å². The molecule has 0 spiro atoms. The van der Waals surface area contributed by atoms with Gasteiger partial charge in [0.05, 0.1) is 5.52 Å². The van der Waals surface area contributed by atoms with Crippen molar-refractivity contribution in [2.45, 2.75) is 0 Å². The van der Waals surface area contributed by atoms with E-state index in [1.54, 1.807) is 0 Å². The SMILES string of the molecule is Nc1c(-c2ccccc2)c2ccccc2n1-c1ccccc1. The molecule has 4 rings (SSSR count). The van der Waals surface area contributed by atoms with E-state index in [2.05, 4.69) is 53.1 Å². The molecule has 106 valence electrons. The van der Waals surface area contributed by atoms with Crippen LogP contribution < -0.4 is 5.73 Å². The highest BCUT2D eigenvalue weighted by Gasteiger charge is 2.16. The molecule has 2 N–H and O–H groups in total. The molecule has 0 radical (unpaired) electrons. The summed E-state index contributed by atoms with van der Waals surface area (Å²) < 4.78 is 2.12. The van der Waals surface area contributed by atoms with Gasteiger partial charge >= 0.3 is 0 Å². The van der Waals surface area contributed by atoms with E-state index in [-0.39, 0.29) is 0 Å². The Morgan fingerprint density at radius 3 is 1.95 bits per heavy atom. The highest BCUT2D eigenvalue weighted by atomic mass is 15.1. The van der Waals surface area contributed by atoms with Crippen molar-refractivity contribution >= 4 is 16.7 Å². The summed E-state index contributed by atoms with van der Waals surface area (Å²) in [6.07, 6.45) is 0. The fraction of sp³-hybridized carbons (Fsp3) is 0. The van der Waals surface area contributed by atoms with Crippen molar-refractivity contribution in [3.63, 3.8) is 0 Å². The molecule has 0 saturated carbocycles. The van der Waals surface area contributed by atoms with Crippen LogP contribution in [0.5, 0.6) is 0 Å². The molecule has 2 nitrogen and oxygen atoms in total. The van der Waals surface area contributed by atoms with Crippen molar-refractivity contribution in [1.82, 2.24) is 4.57 Å². The lowest BCUT2D eigenvalue weighted by Gasteiger charge is -2.08. The van der Waals surface area contributed by atoms with Gasteiger partial charge in [-0.05, 0) is 23.8 Å². The fourth-order valence-electron chi connectivity index (χ4n) is 3.02. The Morgan fingerprint density at radius 1 is 0.636 bits per heavy atom. The van der Waals surface area contributed by atoms with E-state index < -0.39 is 0 Å². The third kappa shape index (κ3) is 1.89. The number of nitrogen functional groups attached to an aromatic ring is 1. The normalized spacial score (nSPS) is 10.9. The van der Waals surface area contributed by atoms with Gasteiger partial charge in [0.1, 0.15) is 5.82 Å². The maximum atomic E-state index is 6.54. The molecule has 22 heavy (non-hydrogen) atoms. The molecule has 0 atom stereocenters. The summed E-state index contributed by atoms with van der Waals surface area (Å²) in [5.74, 6) is 0.776. The highest BCUT2D eigenvalue weighted by Crippen LogP contribution is 2.38. The minimum absolute atomic E-state index is 0.776. The van der Waals surface area contributed by atoms with Gasteiger partial charge in [-0.1, -0.05) is 66.7 Å². The second-order valence-corrected chi connectivity index (χ2v) is 5.31. The van der Waals surface area contributed by atoms with Crippen molar-refractivity contribution in [3.8, 4) is 16.8 Å². The van der Waals surface area contributed by atoms with E-state index in [0.29, 0.717) is 0 Å². The van der Waals surface area contributed by atoms with Crippen LogP contribution in [0, 0.1) is 0 Å². The van der Waals surface area contributed by atoms with Crippen LogP contribution in [0.1, 0.15) is 0 Å². The molecule has 2 heteroatoms. The summed E-state index contributed by atoms with van der Waals surface area (Å²) in [6, 6.07) is 28.9. The molecule has 0 fully saturated rings. The van der Waals surface area contributed by atoms with Gasteiger partial charge in [-0.3, -0.25) is 4.57 Å². The van der Waals surface area contributed by atoms with Crippen LogP contribution >= 0.6 is 0 Å². The molecule has 3 aromatic carbocycles. The second-order valence-electron chi connectivity index (χ2n) is 5.31. The van der Waals surface area contributed by atoms with Crippen LogP contribution in [0.2, 0.25) is 0 Å². The molecule has 0 aliphatic carbocycles. The van der Waals surface area contributed by atoms with E-state index in [9.17, 15) is 0 Å². The van der Waals surface area contributed by atoms with Crippen molar-refractivity contribution < 1.29 is 0 Å². The maximum absolute atomic E-state index is 6.54. The van der Waals surface area contributed by atoms with Crippen LogP contribution in [0.4, 0.5) is 5.82 Å². The Labute approximate surface area is 129 Å². The standard InChI is InChI=1S/C20H16N2/c21-20-19(15-9-3-1-4-10-15)17-13-7-8-14-18(17)22(20)16-11-5-2-6-12-16/h1-14H,21H2. The van der Waals surface area contributed by atoms with Gasteiger partial charge in [0.25, 0.3) is 0 Å². The Kier molecular flexibility index (Phi) is 2.94.